The van der Waals surface area contributed by atoms with Crippen LogP contribution in [0.5, 0.6) is 5.75 Å². The number of anilines is 2. The molecule has 9 heteroatoms. The third kappa shape index (κ3) is 10.8. The van der Waals surface area contributed by atoms with Crippen molar-refractivity contribution in [2.45, 2.75) is 80.5 Å². The van der Waals surface area contributed by atoms with E-state index in [1.807, 2.05) is 44.7 Å². The van der Waals surface area contributed by atoms with E-state index in [1.54, 1.807) is 25.1 Å². The number of benzene rings is 2. The number of carbonyl (C=O) groups excluding carboxylic acids is 1. The normalized spacial score (nSPS) is 17.8. The monoisotopic (exact) mass is 624 g/mol. The van der Waals surface area contributed by atoms with Gasteiger partial charge in [-0.2, -0.15) is 8.78 Å². The minimum atomic E-state index is -3.24. The lowest BCUT2D eigenvalue weighted by atomic mass is 10.1. The SMILES string of the molecule is CCC(C)\C=C/C(C)=C\C(C)=N\C(C)=C(/C)C(=O)NCc1ccc(N2CCN(c3ccc(OC(C)(F)F)cc3)C(C)C2)c(F)c1. The molecule has 0 aromatic heterocycles. The highest BCUT2D eigenvalue weighted by molar-refractivity contribution is 5.97. The molecule has 0 aliphatic carbocycles. The van der Waals surface area contributed by atoms with Crippen molar-refractivity contribution in [2.75, 3.05) is 29.4 Å². The maximum absolute atomic E-state index is 15.3. The van der Waals surface area contributed by atoms with E-state index in [2.05, 4.69) is 45.9 Å². The summed E-state index contributed by atoms with van der Waals surface area (Å²) in [7, 11) is 0. The average molecular weight is 625 g/mol. The van der Waals surface area contributed by atoms with E-state index in [0.29, 0.717) is 55.0 Å². The van der Waals surface area contributed by atoms with Gasteiger partial charge in [0.2, 0.25) is 5.91 Å². The molecule has 0 radical (unpaired) electrons. The maximum Gasteiger partial charge on any atom is 0.394 e. The van der Waals surface area contributed by atoms with E-state index in [1.165, 1.54) is 18.2 Å². The number of hydrogen-bond acceptors (Lipinski definition) is 5. The lowest BCUT2D eigenvalue weighted by Crippen LogP contribution is -2.52. The minimum Gasteiger partial charge on any atom is -0.433 e. The van der Waals surface area contributed by atoms with Crippen LogP contribution in [0.3, 0.4) is 0 Å². The van der Waals surface area contributed by atoms with Crippen LogP contribution < -0.4 is 19.9 Å². The molecule has 1 heterocycles. The molecule has 0 saturated carbocycles. The summed E-state index contributed by atoms with van der Waals surface area (Å²) in [6.45, 7) is 16.6. The third-order valence-corrected chi connectivity index (χ3v) is 7.89. The Labute approximate surface area is 266 Å². The summed E-state index contributed by atoms with van der Waals surface area (Å²) in [5.41, 5.74) is 5.09. The Balaban J connectivity index is 1.58. The molecule has 2 atom stereocenters. The molecule has 2 aromatic carbocycles. The van der Waals surface area contributed by atoms with Crippen LogP contribution in [0.4, 0.5) is 24.5 Å². The van der Waals surface area contributed by atoms with Crippen molar-refractivity contribution >= 4 is 23.0 Å². The molecule has 1 aliphatic heterocycles. The molecule has 1 fully saturated rings. The van der Waals surface area contributed by atoms with Gasteiger partial charge in [0, 0.05) is 61.8 Å². The van der Waals surface area contributed by atoms with Gasteiger partial charge in [0.15, 0.2) is 0 Å². The number of allylic oxidation sites excluding steroid dienone is 5. The molecular weight excluding hydrogens is 577 g/mol. The van der Waals surface area contributed by atoms with Crippen LogP contribution in [0.25, 0.3) is 0 Å². The zero-order valence-corrected chi connectivity index (χ0v) is 27.8. The Morgan fingerprint density at radius 2 is 1.82 bits per heavy atom. The van der Waals surface area contributed by atoms with Gasteiger partial charge in [0.1, 0.15) is 11.6 Å². The fourth-order valence-corrected chi connectivity index (χ4v) is 5.08. The molecule has 1 saturated heterocycles. The topological polar surface area (TPSA) is 57.2 Å². The summed E-state index contributed by atoms with van der Waals surface area (Å²) < 4.78 is 46.2. The van der Waals surface area contributed by atoms with Crippen molar-refractivity contribution in [3.8, 4) is 5.75 Å². The highest BCUT2D eigenvalue weighted by Gasteiger charge is 2.27. The number of alkyl halides is 2. The van der Waals surface area contributed by atoms with Crippen LogP contribution in [-0.4, -0.2) is 43.4 Å². The Hall–Kier alpha value is -4.01. The maximum atomic E-state index is 15.3. The molecule has 1 amide bonds. The number of aliphatic imine (C=N–C) groups is 1. The smallest absolute Gasteiger partial charge is 0.394 e. The predicted molar refractivity (Wildman–Crippen MR) is 179 cm³/mol. The van der Waals surface area contributed by atoms with Crippen LogP contribution in [0, 0.1) is 11.7 Å². The van der Waals surface area contributed by atoms with Gasteiger partial charge in [-0.1, -0.05) is 38.5 Å². The summed E-state index contributed by atoms with van der Waals surface area (Å²) in [5.74, 6) is 0.0179. The highest BCUT2D eigenvalue weighted by Crippen LogP contribution is 2.29. The minimum absolute atomic E-state index is 0.0569. The number of ether oxygens (including phenoxy) is 1. The Bertz CT molecular complexity index is 1440. The standard InChI is InChI=1S/C36H47F3N4O2/c1-9-24(2)10-11-25(3)20-26(4)41-29(7)28(6)35(44)40-22-30-12-17-34(33(37)21-30)42-18-19-43(27(5)23-42)31-13-15-32(16-14-31)45-36(8,38)39/h10-17,20-21,24,27H,9,18-19,22-23H2,1-8H3,(H,40,44)/b11-10-,25-20-,29-28+,41-26+. The molecule has 244 valence electrons. The van der Waals surface area contributed by atoms with Crippen molar-refractivity contribution < 1.29 is 22.7 Å². The number of piperazine rings is 1. The molecule has 45 heavy (non-hydrogen) atoms. The number of rotatable bonds is 12. The van der Waals surface area contributed by atoms with Gasteiger partial charge in [0.05, 0.1) is 5.69 Å². The van der Waals surface area contributed by atoms with E-state index >= 15 is 4.39 Å². The summed E-state index contributed by atoms with van der Waals surface area (Å²) in [6, 6.07) is 11.7. The Morgan fingerprint density at radius 1 is 1.13 bits per heavy atom. The van der Waals surface area contributed by atoms with Crippen LogP contribution in [0.15, 0.2) is 82.5 Å². The lowest BCUT2D eigenvalue weighted by Gasteiger charge is -2.42. The van der Waals surface area contributed by atoms with Gasteiger partial charge in [-0.05, 0) is 94.1 Å². The molecular formula is C36H47F3N4O2. The lowest BCUT2D eigenvalue weighted by molar-refractivity contribution is -0.158. The first-order valence-electron chi connectivity index (χ1n) is 15.5. The van der Waals surface area contributed by atoms with E-state index in [9.17, 15) is 13.6 Å². The molecule has 3 rings (SSSR count). The second-order valence-electron chi connectivity index (χ2n) is 12.0. The van der Waals surface area contributed by atoms with Crippen molar-refractivity contribution in [3.63, 3.8) is 0 Å². The van der Waals surface area contributed by atoms with Crippen LogP contribution in [0.1, 0.15) is 67.4 Å². The van der Waals surface area contributed by atoms with Gasteiger partial charge >= 0.3 is 6.11 Å². The summed E-state index contributed by atoms with van der Waals surface area (Å²) in [5, 5.41) is 2.88. The number of nitrogens with one attached hydrogen (secondary N) is 1. The zero-order chi connectivity index (χ0) is 33.3. The molecule has 0 spiro atoms. The molecule has 6 nitrogen and oxygen atoms in total. The van der Waals surface area contributed by atoms with Gasteiger partial charge in [-0.25, -0.2) is 4.39 Å². The average Bonchev–Trinajstić information content (AvgIpc) is 2.97. The molecule has 0 bridgehead atoms. The Kier molecular flexibility index (Phi) is 12.5. The molecule has 1 N–H and O–H groups in total. The van der Waals surface area contributed by atoms with Gasteiger partial charge in [-0.15, -0.1) is 0 Å². The van der Waals surface area contributed by atoms with Crippen molar-refractivity contribution in [3.05, 3.63) is 88.9 Å². The fraction of sp³-hybridized carbons (Fsp3) is 0.444. The predicted octanol–water partition coefficient (Wildman–Crippen LogP) is 8.45. The van der Waals surface area contributed by atoms with Crippen molar-refractivity contribution in [2.24, 2.45) is 10.9 Å². The first-order valence-corrected chi connectivity index (χ1v) is 15.5. The van der Waals surface area contributed by atoms with E-state index in [4.69, 9.17) is 0 Å². The quantitative estimate of drug-likeness (QED) is 0.146. The Morgan fingerprint density at radius 3 is 2.42 bits per heavy atom. The number of hydrogen-bond donors (Lipinski definition) is 1. The fourth-order valence-electron chi connectivity index (χ4n) is 5.08. The van der Waals surface area contributed by atoms with Crippen molar-refractivity contribution in [1.29, 1.82) is 0 Å². The van der Waals surface area contributed by atoms with Gasteiger partial charge < -0.3 is 19.9 Å². The molecule has 2 unspecified atom stereocenters. The largest absolute Gasteiger partial charge is 0.433 e. The van der Waals surface area contributed by atoms with Crippen LogP contribution >= 0.6 is 0 Å². The van der Waals surface area contributed by atoms with E-state index in [-0.39, 0.29) is 30.1 Å². The second-order valence-corrected chi connectivity index (χ2v) is 12.0. The summed E-state index contributed by atoms with van der Waals surface area (Å²) in [4.78, 5) is 21.6. The highest BCUT2D eigenvalue weighted by atomic mass is 19.3. The number of carbonyl (C=O) groups is 1. The van der Waals surface area contributed by atoms with Crippen LogP contribution in [-0.2, 0) is 11.3 Å². The first-order chi connectivity index (χ1) is 21.2. The third-order valence-electron chi connectivity index (χ3n) is 7.89. The second kappa shape index (κ2) is 15.8. The first kappa shape index (κ1) is 35.5. The molecule has 1 aliphatic rings. The van der Waals surface area contributed by atoms with E-state index < -0.39 is 6.11 Å². The van der Waals surface area contributed by atoms with Gasteiger partial charge in [0.25, 0.3) is 0 Å². The zero-order valence-electron chi connectivity index (χ0n) is 27.8. The number of halogens is 3. The number of amides is 1. The van der Waals surface area contributed by atoms with E-state index in [0.717, 1.165) is 23.4 Å². The summed E-state index contributed by atoms with van der Waals surface area (Å²) >= 11 is 0. The van der Waals surface area contributed by atoms with Gasteiger partial charge in [-0.3, -0.25) is 9.79 Å². The molecule has 2 aromatic rings. The summed E-state index contributed by atoms with van der Waals surface area (Å²) in [6.07, 6.45) is 4.11. The number of nitrogens with zero attached hydrogens (tertiary/aromatic N) is 3. The van der Waals surface area contributed by atoms with Crippen LogP contribution in [0.2, 0.25) is 0 Å². The van der Waals surface area contributed by atoms with Crippen molar-refractivity contribution in [1.82, 2.24) is 5.32 Å².